The highest BCUT2D eigenvalue weighted by molar-refractivity contribution is 6.60. The topological polar surface area (TPSA) is 37.4 Å². The van der Waals surface area contributed by atoms with E-state index in [-0.39, 0.29) is 0 Å². The number of hydrogen-bond acceptors (Lipinski definition) is 6. The summed E-state index contributed by atoms with van der Waals surface area (Å²) in [4.78, 5) is 7.65. The first kappa shape index (κ1) is 30.0. The number of rotatable bonds is 22. The highest BCUT2D eigenvalue weighted by Crippen LogP contribution is 2.14. The van der Waals surface area contributed by atoms with Crippen LogP contribution in [0.25, 0.3) is 0 Å². The van der Waals surface area contributed by atoms with Crippen LogP contribution in [0.5, 0.6) is 0 Å². The van der Waals surface area contributed by atoms with Crippen molar-refractivity contribution in [1.29, 1.82) is 0 Å². The van der Waals surface area contributed by atoms with E-state index in [1.54, 1.807) is 0 Å². The molecule has 0 spiro atoms. The lowest BCUT2D eigenvalue weighted by Crippen LogP contribution is -2.56. The summed E-state index contributed by atoms with van der Waals surface area (Å²) in [6.45, 7) is 26.2. The first-order chi connectivity index (χ1) is 14.5. The van der Waals surface area contributed by atoms with Gasteiger partial charge in [0.15, 0.2) is 0 Å². The van der Waals surface area contributed by atoms with Crippen molar-refractivity contribution in [3.63, 3.8) is 0 Å². The fourth-order valence-corrected chi connectivity index (χ4v) is 6.70. The normalized spacial score (nSPS) is 12.6. The number of nitrogens with zero attached hydrogens (tertiary/aromatic N) is 3. The summed E-state index contributed by atoms with van der Waals surface area (Å²) >= 11 is 0. The Bertz CT molecular complexity index is 341. The predicted octanol–water partition coefficient (Wildman–Crippen LogP) is 4.12. The van der Waals surface area contributed by atoms with Crippen molar-refractivity contribution < 1.29 is 13.3 Å². The SMILES string of the molecule is CCCN(CC)CCCN(CCCN(CC)CCC)C[Si](OCC)(OCC)OCC. The highest BCUT2D eigenvalue weighted by Gasteiger charge is 2.42. The van der Waals surface area contributed by atoms with Gasteiger partial charge in [-0.1, -0.05) is 27.7 Å². The van der Waals surface area contributed by atoms with Crippen LogP contribution in [0.3, 0.4) is 0 Å². The van der Waals surface area contributed by atoms with Crippen LogP contribution in [0.15, 0.2) is 0 Å². The Balaban J connectivity index is 5.03. The Morgan fingerprint density at radius 1 is 0.500 bits per heavy atom. The predicted molar refractivity (Wildman–Crippen MR) is 131 cm³/mol. The molecule has 0 amide bonds. The van der Waals surface area contributed by atoms with Crippen LogP contribution in [0, 0.1) is 0 Å². The smallest absolute Gasteiger partial charge is 0.373 e. The molecule has 0 saturated carbocycles. The van der Waals surface area contributed by atoms with E-state index in [0.29, 0.717) is 19.8 Å². The Morgan fingerprint density at radius 2 is 0.867 bits per heavy atom. The van der Waals surface area contributed by atoms with Crippen LogP contribution < -0.4 is 0 Å². The summed E-state index contributed by atoms with van der Waals surface area (Å²) in [5, 5.41) is 0. The van der Waals surface area contributed by atoms with Gasteiger partial charge in [0, 0.05) is 19.8 Å². The van der Waals surface area contributed by atoms with Crippen LogP contribution in [-0.4, -0.2) is 102 Å². The average molecular weight is 448 g/mol. The lowest BCUT2D eigenvalue weighted by atomic mass is 10.3. The Labute approximate surface area is 189 Å². The first-order valence-corrected chi connectivity index (χ1v) is 14.6. The molecule has 182 valence electrons. The third kappa shape index (κ3) is 13.4. The van der Waals surface area contributed by atoms with Gasteiger partial charge in [0.1, 0.15) is 0 Å². The van der Waals surface area contributed by atoms with Gasteiger partial charge in [-0.15, -0.1) is 0 Å². The molecule has 0 unspecified atom stereocenters. The Hall–Kier alpha value is -0.0231. The molecule has 0 aromatic rings. The second kappa shape index (κ2) is 19.6. The molecule has 0 N–H and O–H groups in total. The molecule has 0 aromatic carbocycles. The maximum absolute atomic E-state index is 6.15. The maximum atomic E-state index is 6.15. The fraction of sp³-hybridized carbons (Fsp3) is 1.00. The molecule has 0 radical (unpaired) electrons. The van der Waals surface area contributed by atoms with Gasteiger partial charge in [0.25, 0.3) is 0 Å². The summed E-state index contributed by atoms with van der Waals surface area (Å²) in [5.74, 6) is 0. The van der Waals surface area contributed by atoms with Crippen molar-refractivity contribution in [3.8, 4) is 0 Å². The molecule has 0 aliphatic rings. The van der Waals surface area contributed by atoms with E-state index < -0.39 is 8.80 Å². The molecule has 6 nitrogen and oxygen atoms in total. The van der Waals surface area contributed by atoms with E-state index >= 15 is 0 Å². The third-order valence-corrected chi connectivity index (χ3v) is 8.40. The third-order valence-electron chi connectivity index (χ3n) is 5.38. The van der Waals surface area contributed by atoms with Crippen molar-refractivity contribution in [3.05, 3.63) is 0 Å². The van der Waals surface area contributed by atoms with Gasteiger partial charge in [-0.2, -0.15) is 0 Å². The molecule has 0 aromatic heterocycles. The molecule has 7 heteroatoms. The molecule has 0 fully saturated rings. The van der Waals surface area contributed by atoms with E-state index in [4.69, 9.17) is 13.3 Å². The first-order valence-electron chi connectivity index (χ1n) is 12.6. The van der Waals surface area contributed by atoms with Gasteiger partial charge in [0.05, 0.1) is 6.17 Å². The lowest BCUT2D eigenvalue weighted by molar-refractivity contribution is 0.0554. The fourth-order valence-electron chi connectivity index (χ4n) is 3.99. The van der Waals surface area contributed by atoms with E-state index in [9.17, 15) is 0 Å². The van der Waals surface area contributed by atoms with Crippen molar-refractivity contribution in [2.24, 2.45) is 0 Å². The summed E-state index contributed by atoms with van der Waals surface area (Å²) in [6.07, 6.45) is 5.58. The zero-order valence-corrected chi connectivity index (χ0v) is 22.4. The van der Waals surface area contributed by atoms with E-state index in [1.807, 2.05) is 20.8 Å². The largest absolute Gasteiger partial charge is 0.515 e. The summed E-state index contributed by atoms with van der Waals surface area (Å²) in [7, 11) is -2.66. The zero-order chi connectivity index (χ0) is 22.7. The van der Waals surface area contributed by atoms with Crippen LogP contribution in [0.2, 0.25) is 0 Å². The van der Waals surface area contributed by atoms with Crippen LogP contribution in [0.1, 0.15) is 74.1 Å². The maximum Gasteiger partial charge on any atom is 0.515 e. The second-order valence-corrected chi connectivity index (χ2v) is 10.4. The van der Waals surface area contributed by atoms with Crippen LogP contribution in [-0.2, 0) is 13.3 Å². The molecule has 0 aliphatic carbocycles. The lowest BCUT2D eigenvalue weighted by Gasteiger charge is -2.34. The minimum atomic E-state index is -2.66. The van der Waals surface area contributed by atoms with Gasteiger partial charge >= 0.3 is 8.80 Å². The van der Waals surface area contributed by atoms with Crippen molar-refractivity contribution in [1.82, 2.24) is 14.7 Å². The van der Waals surface area contributed by atoms with Gasteiger partial charge in [-0.05, 0) is 98.8 Å². The molecule has 0 aliphatic heterocycles. The highest BCUT2D eigenvalue weighted by atomic mass is 28.4. The Morgan fingerprint density at radius 3 is 1.17 bits per heavy atom. The molecule has 0 bridgehead atoms. The van der Waals surface area contributed by atoms with Gasteiger partial charge in [-0.3, -0.25) is 4.90 Å². The quantitative estimate of drug-likeness (QED) is 0.232. The van der Waals surface area contributed by atoms with Crippen LogP contribution in [0.4, 0.5) is 0 Å². The van der Waals surface area contributed by atoms with E-state index in [1.165, 1.54) is 38.8 Å². The van der Waals surface area contributed by atoms with Gasteiger partial charge in [0.2, 0.25) is 0 Å². The average Bonchev–Trinajstić information content (AvgIpc) is 2.72. The summed E-state index contributed by atoms with van der Waals surface area (Å²) in [6, 6.07) is 0. The van der Waals surface area contributed by atoms with Crippen LogP contribution >= 0.6 is 0 Å². The van der Waals surface area contributed by atoms with Gasteiger partial charge < -0.3 is 23.1 Å². The zero-order valence-electron chi connectivity index (χ0n) is 21.4. The van der Waals surface area contributed by atoms with Crippen molar-refractivity contribution in [2.45, 2.75) is 74.1 Å². The molecular formula is C23H53N3O3Si. The molecule has 0 saturated heterocycles. The van der Waals surface area contributed by atoms with E-state index in [2.05, 4.69) is 42.4 Å². The second-order valence-electron chi connectivity index (χ2n) is 7.83. The molecular weight excluding hydrogens is 394 g/mol. The van der Waals surface area contributed by atoms with E-state index in [0.717, 1.165) is 45.4 Å². The molecule has 0 heterocycles. The standard InChI is InChI=1S/C23H53N3O3Si/c1-8-17-24(10-3)19-15-21-26(22-16-20-25(11-4)18-9-2)23-30(27-12-5,28-13-6)29-14-7/h8-23H2,1-7H3. The minimum absolute atomic E-state index is 0.639. The van der Waals surface area contributed by atoms with Crippen molar-refractivity contribution >= 4 is 8.80 Å². The molecule has 0 rings (SSSR count). The monoisotopic (exact) mass is 447 g/mol. The van der Waals surface area contributed by atoms with Crippen molar-refractivity contribution in [2.75, 3.05) is 78.3 Å². The summed E-state index contributed by atoms with van der Waals surface area (Å²) < 4.78 is 18.4. The number of hydrogen-bond donors (Lipinski definition) is 0. The van der Waals surface area contributed by atoms with Gasteiger partial charge in [-0.25, -0.2) is 0 Å². The molecule has 0 atom stereocenters. The minimum Gasteiger partial charge on any atom is -0.373 e. The summed E-state index contributed by atoms with van der Waals surface area (Å²) in [5.41, 5.74) is 0. The Kier molecular flexibility index (Phi) is 19.6. The molecule has 30 heavy (non-hydrogen) atoms.